The number of benzene rings is 1. The van der Waals surface area contributed by atoms with Gasteiger partial charge in [0.1, 0.15) is 12.2 Å². The average molecular weight is 412 g/mol. The summed E-state index contributed by atoms with van der Waals surface area (Å²) in [5.41, 5.74) is 0.979. The van der Waals surface area contributed by atoms with E-state index >= 15 is 0 Å². The van der Waals surface area contributed by atoms with Crippen molar-refractivity contribution < 1.29 is 18.7 Å². The second-order valence-corrected chi connectivity index (χ2v) is 7.98. The van der Waals surface area contributed by atoms with Crippen molar-refractivity contribution in [1.82, 2.24) is 20.0 Å². The first kappa shape index (κ1) is 20.4. The molecule has 1 aromatic heterocycles. The summed E-state index contributed by atoms with van der Waals surface area (Å²) in [6.45, 7) is 2.99. The zero-order chi connectivity index (χ0) is 20.9. The largest absolute Gasteiger partial charge is 0.497 e. The Morgan fingerprint density at radius 1 is 0.967 bits per heavy atom. The van der Waals surface area contributed by atoms with Crippen LogP contribution < -0.4 is 4.74 Å². The number of carbonyl (C=O) groups excluding carboxylic acids is 2. The van der Waals surface area contributed by atoms with Gasteiger partial charge in [0.15, 0.2) is 0 Å². The van der Waals surface area contributed by atoms with Crippen molar-refractivity contribution in [1.29, 1.82) is 0 Å². The number of methoxy groups -OCH3 is 1. The minimum Gasteiger partial charge on any atom is -0.497 e. The summed E-state index contributed by atoms with van der Waals surface area (Å²) in [4.78, 5) is 28.6. The molecule has 2 aliphatic heterocycles. The molecule has 30 heavy (non-hydrogen) atoms. The Labute approximate surface area is 176 Å². The fourth-order valence-electron chi connectivity index (χ4n) is 4.12. The van der Waals surface area contributed by atoms with E-state index in [1.165, 1.54) is 0 Å². The monoisotopic (exact) mass is 412 g/mol. The van der Waals surface area contributed by atoms with Gasteiger partial charge in [0.05, 0.1) is 13.5 Å². The topological polar surface area (TPSA) is 88.8 Å². The number of likely N-dealkylation sites (tertiary alicyclic amines) is 2. The third-order valence-corrected chi connectivity index (χ3v) is 5.96. The Kier molecular flexibility index (Phi) is 6.30. The zero-order valence-electron chi connectivity index (χ0n) is 17.4. The molecule has 160 valence electrons. The summed E-state index contributed by atoms with van der Waals surface area (Å²) in [7, 11) is 1.63. The lowest BCUT2D eigenvalue weighted by Gasteiger charge is -2.30. The van der Waals surface area contributed by atoms with Gasteiger partial charge in [-0.1, -0.05) is 12.1 Å². The molecule has 2 fully saturated rings. The summed E-state index contributed by atoms with van der Waals surface area (Å²) < 4.78 is 10.9. The van der Waals surface area contributed by atoms with Gasteiger partial charge in [-0.2, -0.15) is 0 Å². The molecule has 1 aromatic carbocycles. The lowest BCUT2D eigenvalue weighted by molar-refractivity contribution is -0.132. The Hall–Kier alpha value is -2.90. The highest BCUT2D eigenvalue weighted by atomic mass is 16.5. The molecule has 0 aliphatic carbocycles. The van der Waals surface area contributed by atoms with Gasteiger partial charge in [0, 0.05) is 32.1 Å². The molecule has 0 atom stereocenters. The first-order chi connectivity index (χ1) is 14.6. The number of ether oxygens (including phenoxy) is 1. The minimum absolute atomic E-state index is 0.0571. The van der Waals surface area contributed by atoms with Crippen LogP contribution in [0.5, 0.6) is 5.75 Å². The first-order valence-electron chi connectivity index (χ1n) is 10.6. The van der Waals surface area contributed by atoms with Gasteiger partial charge in [-0.05, 0) is 43.4 Å². The molecule has 8 nitrogen and oxygen atoms in total. The highest BCUT2D eigenvalue weighted by Gasteiger charge is 2.28. The van der Waals surface area contributed by atoms with Crippen molar-refractivity contribution in [3.05, 3.63) is 41.6 Å². The van der Waals surface area contributed by atoms with E-state index in [4.69, 9.17) is 9.15 Å². The molecular formula is C22H28N4O4. The second-order valence-electron chi connectivity index (χ2n) is 7.98. The number of piperidine rings is 1. The SMILES string of the molecule is COc1ccc(CC(=O)N2CCC(c3nnc(CC(=O)N4CCCC4)o3)CC2)cc1. The molecule has 0 bridgehead atoms. The molecule has 2 amide bonds. The fraction of sp³-hybridized carbons (Fsp3) is 0.545. The smallest absolute Gasteiger partial charge is 0.231 e. The van der Waals surface area contributed by atoms with Crippen LogP contribution in [0.15, 0.2) is 28.7 Å². The summed E-state index contributed by atoms with van der Waals surface area (Å²) in [6, 6.07) is 7.59. The van der Waals surface area contributed by atoms with E-state index in [-0.39, 0.29) is 24.2 Å². The van der Waals surface area contributed by atoms with Crippen LogP contribution in [0.25, 0.3) is 0 Å². The van der Waals surface area contributed by atoms with Crippen molar-refractivity contribution in [2.24, 2.45) is 0 Å². The second kappa shape index (κ2) is 9.28. The predicted molar refractivity (Wildman–Crippen MR) is 109 cm³/mol. The van der Waals surface area contributed by atoms with Gasteiger partial charge in [0.2, 0.25) is 23.6 Å². The molecule has 4 rings (SSSR count). The standard InChI is InChI=1S/C22H28N4O4/c1-29-18-6-4-16(5-7-18)14-20(27)26-12-8-17(9-13-26)22-24-23-19(30-22)15-21(28)25-10-2-3-11-25/h4-7,17H,2-3,8-15H2,1H3. The maximum Gasteiger partial charge on any atom is 0.231 e. The van der Waals surface area contributed by atoms with E-state index in [1.54, 1.807) is 7.11 Å². The van der Waals surface area contributed by atoms with Gasteiger partial charge in [-0.15, -0.1) is 10.2 Å². The van der Waals surface area contributed by atoms with Gasteiger partial charge < -0.3 is 19.0 Å². The van der Waals surface area contributed by atoms with Crippen LogP contribution in [0.1, 0.15) is 48.9 Å². The van der Waals surface area contributed by atoms with E-state index in [1.807, 2.05) is 34.1 Å². The fourth-order valence-corrected chi connectivity index (χ4v) is 4.12. The average Bonchev–Trinajstić information content (AvgIpc) is 3.47. The number of aromatic nitrogens is 2. The van der Waals surface area contributed by atoms with Gasteiger partial charge in [-0.3, -0.25) is 9.59 Å². The van der Waals surface area contributed by atoms with E-state index in [2.05, 4.69) is 10.2 Å². The Balaban J connectivity index is 1.26. The van der Waals surface area contributed by atoms with E-state index in [0.29, 0.717) is 31.3 Å². The molecule has 0 N–H and O–H groups in total. The zero-order valence-corrected chi connectivity index (χ0v) is 17.4. The Morgan fingerprint density at radius 3 is 2.27 bits per heavy atom. The van der Waals surface area contributed by atoms with Crippen LogP contribution in [0, 0.1) is 0 Å². The van der Waals surface area contributed by atoms with Crippen molar-refractivity contribution in [2.75, 3.05) is 33.3 Å². The molecule has 0 unspecified atom stereocenters. The van der Waals surface area contributed by atoms with Crippen molar-refractivity contribution in [2.45, 2.75) is 44.4 Å². The van der Waals surface area contributed by atoms with E-state index in [9.17, 15) is 9.59 Å². The molecule has 8 heteroatoms. The quantitative estimate of drug-likeness (QED) is 0.723. The van der Waals surface area contributed by atoms with Crippen LogP contribution in [-0.2, 0) is 22.4 Å². The van der Waals surface area contributed by atoms with Gasteiger partial charge >= 0.3 is 0 Å². The maximum absolute atomic E-state index is 12.6. The minimum atomic E-state index is 0.0571. The highest BCUT2D eigenvalue weighted by molar-refractivity contribution is 5.79. The van der Waals surface area contributed by atoms with Crippen LogP contribution in [0.2, 0.25) is 0 Å². The normalized spacial score (nSPS) is 17.4. The first-order valence-corrected chi connectivity index (χ1v) is 10.6. The summed E-state index contributed by atoms with van der Waals surface area (Å²) in [5, 5.41) is 8.24. The molecular weight excluding hydrogens is 384 g/mol. The lowest BCUT2D eigenvalue weighted by atomic mass is 9.96. The third-order valence-electron chi connectivity index (χ3n) is 5.96. The number of hydrogen-bond donors (Lipinski definition) is 0. The molecule has 0 saturated carbocycles. The molecule has 2 aliphatic rings. The molecule has 3 heterocycles. The number of amides is 2. The molecule has 2 saturated heterocycles. The van der Waals surface area contributed by atoms with Gasteiger partial charge in [-0.25, -0.2) is 0 Å². The number of carbonyl (C=O) groups is 2. The number of nitrogens with zero attached hydrogens (tertiary/aromatic N) is 4. The molecule has 0 radical (unpaired) electrons. The number of hydrogen-bond acceptors (Lipinski definition) is 6. The predicted octanol–water partition coefficient (Wildman–Crippen LogP) is 2.19. The van der Waals surface area contributed by atoms with Crippen LogP contribution >= 0.6 is 0 Å². The summed E-state index contributed by atoms with van der Waals surface area (Å²) >= 11 is 0. The lowest BCUT2D eigenvalue weighted by Crippen LogP contribution is -2.38. The van der Waals surface area contributed by atoms with Crippen LogP contribution in [-0.4, -0.2) is 65.1 Å². The summed E-state index contributed by atoms with van der Waals surface area (Å²) in [5.74, 6) is 2.08. The Morgan fingerprint density at radius 2 is 1.60 bits per heavy atom. The number of rotatable bonds is 6. The van der Waals surface area contributed by atoms with Crippen molar-refractivity contribution in [3.63, 3.8) is 0 Å². The Bertz CT molecular complexity index is 866. The van der Waals surface area contributed by atoms with E-state index < -0.39 is 0 Å². The summed E-state index contributed by atoms with van der Waals surface area (Å²) in [6.07, 6.45) is 4.27. The van der Waals surface area contributed by atoms with Crippen molar-refractivity contribution in [3.8, 4) is 5.75 Å². The van der Waals surface area contributed by atoms with Gasteiger partial charge in [0.25, 0.3) is 0 Å². The van der Waals surface area contributed by atoms with E-state index in [0.717, 1.165) is 50.1 Å². The highest BCUT2D eigenvalue weighted by Crippen LogP contribution is 2.27. The molecule has 0 spiro atoms. The van der Waals surface area contributed by atoms with Crippen LogP contribution in [0.4, 0.5) is 0 Å². The van der Waals surface area contributed by atoms with Crippen LogP contribution in [0.3, 0.4) is 0 Å². The third kappa shape index (κ3) is 4.80. The molecule has 2 aromatic rings. The van der Waals surface area contributed by atoms with Crippen molar-refractivity contribution >= 4 is 11.8 Å². The maximum atomic E-state index is 12.6.